The zero-order chi connectivity index (χ0) is 17.2. The van der Waals surface area contributed by atoms with E-state index in [4.69, 9.17) is 4.52 Å². The summed E-state index contributed by atoms with van der Waals surface area (Å²) in [6.07, 6.45) is 0. The minimum atomic E-state index is -1.52. The van der Waals surface area contributed by atoms with E-state index in [0.29, 0.717) is 11.8 Å². The molecule has 2 rings (SSSR count). The summed E-state index contributed by atoms with van der Waals surface area (Å²) in [6, 6.07) is 4.22. The van der Waals surface area contributed by atoms with E-state index in [1.165, 1.54) is 19.9 Å². The molecule has 0 bridgehead atoms. The van der Waals surface area contributed by atoms with Gasteiger partial charge in [0.15, 0.2) is 5.82 Å². The first-order chi connectivity index (χ1) is 10.7. The summed E-state index contributed by atoms with van der Waals surface area (Å²) < 4.78 is 31.2. The number of anilines is 2. The maximum atomic E-state index is 13.6. The smallest absolute Gasteiger partial charge is 0.240 e. The van der Waals surface area contributed by atoms with Crippen LogP contribution in [0.4, 0.5) is 20.3 Å². The van der Waals surface area contributed by atoms with Crippen molar-refractivity contribution in [2.45, 2.75) is 20.8 Å². The molecule has 0 spiro atoms. The zero-order valence-electron chi connectivity index (χ0n) is 12.7. The molecule has 2 N–H and O–H groups in total. The number of carbonyl (C=O) groups is 2. The molecule has 2 amide bonds. The summed E-state index contributed by atoms with van der Waals surface area (Å²) in [5, 5.41) is 8.30. The third-order valence-electron chi connectivity index (χ3n) is 3.18. The number of benzene rings is 1. The summed E-state index contributed by atoms with van der Waals surface area (Å²) in [4.78, 5) is 24.4. The number of aromatic nitrogens is 1. The highest BCUT2D eigenvalue weighted by atomic mass is 19.1. The standard InChI is InChI=1S/C15H15F2N3O3/c1-8-6-12(20-23-8)19-14(22)15(2,3)13(21)18-11-5-4-9(16)7-10(11)17/h4-7H,1-3H3,(H,18,21)(H,19,20,22). The van der Waals surface area contributed by atoms with E-state index < -0.39 is 28.9 Å². The van der Waals surface area contributed by atoms with Crippen molar-refractivity contribution in [2.75, 3.05) is 10.6 Å². The van der Waals surface area contributed by atoms with Crippen LogP contribution in [0.1, 0.15) is 19.6 Å². The summed E-state index contributed by atoms with van der Waals surface area (Å²) in [6.45, 7) is 4.38. The number of hydrogen-bond donors (Lipinski definition) is 2. The van der Waals surface area contributed by atoms with Crippen LogP contribution >= 0.6 is 0 Å². The second-order valence-electron chi connectivity index (χ2n) is 5.48. The molecule has 23 heavy (non-hydrogen) atoms. The Morgan fingerprint density at radius 3 is 2.35 bits per heavy atom. The molecule has 0 saturated carbocycles. The SMILES string of the molecule is Cc1cc(NC(=O)C(C)(C)C(=O)Nc2ccc(F)cc2F)no1. The van der Waals surface area contributed by atoms with Crippen molar-refractivity contribution in [2.24, 2.45) is 5.41 Å². The van der Waals surface area contributed by atoms with Gasteiger partial charge in [-0.25, -0.2) is 8.78 Å². The van der Waals surface area contributed by atoms with Crippen molar-refractivity contribution in [3.63, 3.8) is 0 Å². The fourth-order valence-corrected chi connectivity index (χ4v) is 1.67. The zero-order valence-corrected chi connectivity index (χ0v) is 12.7. The fraction of sp³-hybridized carbons (Fsp3) is 0.267. The molecular weight excluding hydrogens is 308 g/mol. The van der Waals surface area contributed by atoms with Crippen molar-refractivity contribution in [3.8, 4) is 0 Å². The molecule has 1 aromatic heterocycles. The van der Waals surface area contributed by atoms with E-state index in [-0.39, 0.29) is 11.5 Å². The molecule has 0 saturated heterocycles. The van der Waals surface area contributed by atoms with E-state index in [0.717, 1.165) is 12.1 Å². The van der Waals surface area contributed by atoms with Crippen molar-refractivity contribution >= 4 is 23.3 Å². The van der Waals surface area contributed by atoms with Gasteiger partial charge in [0.2, 0.25) is 11.8 Å². The molecule has 1 aromatic carbocycles. The van der Waals surface area contributed by atoms with Gasteiger partial charge in [0, 0.05) is 12.1 Å². The van der Waals surface area contributed by atoms with Crippen molar-refractivity contribution in [1.82, 2.24) is 5.16 Å². The Hall–Kier alpha value is -2.77. The third-order valence-corrected chi connectivity index (χ3v) is 3.18. The van der Waals surface area contributed by atoms with Gasteiger partial charge in [0.25, 0.3) is 0 Å². The highest BCUT2D eigenvalue weighted by molar-refractivity contribution is 6.13. The number of hydrogen-bond acceptors (Lipinski definition) is 4. The van der Waals surface area contributed by atoms with Gasteiger partial charge in [0.1, 0.15) is 22.8 Å². The largest absolute Gasteiger partial charge is 0.360 e. The molecule has 0 aliphatic heterocycles. The lowest BCUT2D eigenvalue weighted by atomic mass is 9.91. The van der Waals surface area contributed by atoms with Gasteiger partial charge in [0.05, 0.1) is 5.69 Å². The number of nitrogens with one attached hydrogen (secondary N) is 2. The Morgan fingerprint density at radius 2 is 1.78 bits per heavy atom. The Bertz CT molecular complexity index is 756. The first kappa shape index (κ1) is 16.6. The monoisotopic (exact) mass is 323 g/mol. The number of rotatable bonds is 4. The first-order valence-corrected chi connectivity index (χ1v) is 6.71. The Labute approximate surface area is 130 Å². The highest BCUT2D eigenvalue weighted by Gasteiger charge is 2.37. The number of amides is 2. The van der Waals surface area contributed by atoms with Crippen LogP contribution in [0, 0.1) is 24.0 Å². The van der Waals surface area contributed by atoms with Crippen LogP contribution in [0.5, 0.6) is 0 Å². The summed E-state index contributed by atoms with van der Waals surface area (Å²) in [5.74, 6) is -2.43. The van der Waals surface area contributed by atoms with Gasteiger partial charge in [-0.05, 0) is 32.9 Å². The summed E-state index contributed by atoms with van der Waals surface area (Å²) in [5.41, 5.74) is -1.73. The van der Waals surface area contributed by atoms with Crippen LogP contribution in [0.25, 0.3) is 0 Å². The average Bonchev–Trinajstić information content (AvgIpc) is 2.87. The van der Waals surface area contributed by atoms with Gasteiger partial charge < -0.3 is 15.2 Å². The number of carbonyl (C=O) groups excluding carboxylic acids is 2. The summed E-state index contributed by atoms with van der Waals surface area (Å²) >= 11 is 0. The van der Waals surface area contributed by atoms with Crippen LogP contribution in [0.15, 0.2) is 28.8 Å². The van der Waals surface area contributed by atoms with E-state index in [1.54, 1.807) is 6.92 Å². The van der Waals surface area contributed by atoms with Crippen LogP contribution in [0.2, 0.25) is 0 Å². The minimum Gasteiger partial charge on any atom is -0.360 e. The van der Waals surface area contributed by atoms with Crippen molar-refractivity contribution < 1.29 is 22.9 Å². The second kappa shape index (κ2) is 6.15. The maximum absolute atomic E-state index is 13.6. The highest BCUT2D eigenvalue weighted by Crippen LogP contribution is 2.23. The molecule has 0 aliphatic carbocycles. The van der Waals surface area contributed by atoms with Gasteiger partial charge in [-0.3, -0.25) is 9.59 Å². The molecule has 0 fully saturated rings. The number of aryl methyl sites for hydroxylation is 1. The quantitative estimate of drug-likeness (QED) is 0.847. The molecule has 0 aliphatic rings. The molecule has 0 unspecified atom stereocenters. The van der Waals surface area contributed by atoms with E-state index in [9.17, 15) is 18.4 Å². The molecule has 8 heteroatoms. The molecule has 6 nitrogen and oxygen atoms in total. The first-order valence-electron chi connectivity index (χ1n) is 6.71. The third kappa shape index (κ3) is 3.71. The topological polar surface area (TPSA) is 84.2 Å². The number of nitrogens with zero attached hydrogens (tertiary/aromatic N) is 1. The molecule has 0 radical (unpaired) electrons. The lowest BCUT2D eigenvalue weighted by Crippen LogP contribution is -2.41. The fourth-order valence-electron chi connectivity index (χ4n) is 1.67. The van der Waals surface area contributed by atoms with Crippen LogP contribution in [0.3, 0.4) is 0 Å². The second-order valence-corrected chi connectivity index (χ2v) is 5.48. The van der Waals surface area contributed by atoms with E-state index >= 15 is 0 Å². The summed E-state index contributed by atoms with van der Waals surface area (Å²) in [7, 11) is 0. The molecule has 0 atom stereocenters. The van der Waals surface area contributed by atoms with Crippen molar-refractivity contribution in [1.29, 1.82) is 0 Å². The number of halogens is 2. The average molecular weight is 323 g/mol. The van der Waals surface area contributed by atoms with Crippen LogP contribution < -0.4 is 10.6 Å². The van der Waals surface area contributed by atoms with Crippen LogP contribution in [-0.4, -0.2) is 17.0 Å². The van der Waals surface area contributed by atoms with Crippen molar-refractivity contribution in [3.05, 3.63) is 41.7 Å². The maximum Gasteiger partial charge on any atom is 0.240 e. The van der Waals surface area contributed by atoms with Gasteiger partial charge >= 0.3 is 0 Å². The molecule has 1 heterocycles. The lowest BCUT2D eigenvalue weighted by molar-refractivity contribution is -0.135. The lowest BCUT2D eigenvalue weighted by Gasteiger charge is -2.22. The minimum absolute atomic E-state index is 0.168. The Kier molecular flexibility index (Phi) is 4.44. The van der Waals surface area contributed by atoms with E-state index in [1.807, 2.05) is 0 Å². The predicted octanol–water partition coefficient (Wildman–Crippen LogP) is 2.86. The van der Waals surface area contributed by atoms with Crippen LogP contribution in [-0.2, 0) is 9.59 Å². The van der Waals surface area contributed by atoms with Gasteiger partial charge in [-0.1, -0.05) is 5.16 Å². The molecule has 122 valence electrons. The molecular formula is C15H15F2N3O3. The Morgan fingerprint density at radius 1 is 1.13 bits per heavy atom. The normalized spacial score (nSPS) is 11.2. The van der Waals surface area contributed by atoms with Gasteiger partial charge in [-0.15, -0.1) is 0 Å². The van der Waals surface area contributed by atoms with Gasteiger partial charge in [-0.2, -0.15) is 0 Å². The van der Waals surface area contributed by atoms with E-state index in [2.05, 4.69) is 15.8 Å². The Balaban J connectivity index is 2.11. The molecule has 2 aromatic rings. The predicted molar refractivity (Wildman–Crippen MR) is 78.6 cm³/mol.